The predicted octanol–water partition coefficient (Wildman–Crippen LogP) is 2.81. The first-order chi connectivity index (χ1) is 18.1. The zero-order valence-electron chi connectivity index (χ0n) is 20.5. The van der Waals surface area contributed by atoms with Gasteiger partial charge >= 0.3 is 223 Å². The molecule has 1 saturated heterocycles. The molecule has 0 radical (unpaired) electrons. The number of rotatable bonds is 7. The molecular weight excluding hydrogens is 573 g/mol. The topological polar surface area (TPSA) is 91.1 Å². The van der Waals surface area contributed by atoms with Gasteiger partial charge < -0.3 is 0 Å². The number of methoxy groups -OCH3 is 1. The van der Waals surface area contributed by atoms with Gasteiger partial charge in [-0.2, -0.15) is 0 Å². The van der Waals surface area contributed by atoms with Crippen LogP contribution in [0.15, 0.2) is 36.7 Å². The number of nitrogens with zero attached hydrogens (tertiary/aromatic N) is 3. The van der Waals surface area contributed by atoms with E-state index in [0.29, 0.717) is 35.7 Å². The average Bonchev–Trinajstić information content (AvgIpc) is 3.20. The number of piperidine rings is 1. The van der Waals surface area contributed by atoms with E-state index in [1.807, 2.05) is 11.9 Å². The van der Waals surface area contributed by atoms with E-state index in [0.717, 1.165) is 0 Å². The van der Waals surface area contributed by atoms with E-state index >= 15 is 0 Å². The maximum atomic E-state index is 14.6. The summed E-state index contributed by atoms with van der Waals surface area (Å²) in [5.74, 6) is 5.15. The van der Waals surface area contributed by atoms with E-state index in [1.54, 1.807) is 0 Å². The Morgan fingerprint density at radius 1 is 1.34 bits per heavy atom. The molecule has 0 saturated carbocycles. The Morgan fingerprint density at radius 2 is 2.13 bits per heavy atom. The van der Waals surface area contributed by atoms with Gasteiger partial charge in [0.15, 0.2) is 0 Å². The zero-order chi connectivity index (χ0) is 27.4. The third-order valence-corrected chi connectivity index (χ3v) is 7.73. The molecule has 2 aromatic heterocycles. The van der Waals surface area contributed by atoms with Crippen LogP contribution < -0.4 is 20.0 Å². The number of ether oxygens (including phenoxy) is 1. The first-order valence-electron chi connectivity index (χ1n) is 11.5. The summed E-state index contributed by atoms with van der Waals surface area (Å²) in [5, 5.41) is 10.8. The number of carboxylic acids is 1. The van der Waals surface area contributed by atoms with Crippen LogP contribution in [-0.4, -0.2) is 91.4 Å². The fraction of sp³-hybridized carbons (Fsp3) is 0.360. The SMILES string of the molecule is COc1cc(C(=O)O)ccc1NCC#Cc1cc2c(N[C@@H]3CCN(C)C[C@@H]3F)nccn2c1[Se]C(F)(F)F. The molecule has 3 aromatic rings. The third-order valence-electron chi connectivity index (χ3n) is 5.97. The standard InChI is InChI=1S/C25H25F4N5O3Se/c1-33-10-7-18(17(26)14-33)32-22-20-12-15(23(38-25(27,28)29)34(20)11-9-31-22)4-3-8-30-19-6-5-16(24(35)36)13-21(19)37-2/h5-6,9,11-13,17-18,30H,7-8,10,14H2,1-2H3,(H,31,32)(H,35,36)/t17-,18+/m0/s1. The third kappa shape index (κ3) is 6.51. The second kappa shape index (κ2) is 11.5. The van der Waals surface area contributed by atoms with Crippen LogP contribution in [0.5, 0.6) is 5.75 Å². The quantitative estimate of drug-likeness (QED) is 0.219. The van der Waals surface area contributed by atoms with Gasteiger partial charge in [-0.1, -0.05) is 0 Å². The van der Waals surface area contributed by atoms with Crippen molar-refractivity contribution in [1.29, 1.82) is 0 Å². The number of hydrogen-bond acceptors (Lipinski definition) is 6. The fourth-order valence-electron chi connectivity index (χ4n) is 4.14. The number of hydrogen-bond donors (Lipinski definition) is 3. The molecule has 0 aliphatic carbocycles. The van der Waals surface area contributed by atoms with E-state index in [9.17, 15) is 22.4 Å². The summed E-state index contributed by atoms with van der Waals surface area (Å²) in [6, 6.07) is 5.32. The van der Waals surface area contributed by atoms with Gasteiger partial charge in [0, 0.05) is 0 Å². The zero-order valence-corrected chi connectivity index (χ0v) is 22.2. The molecule has 3 N–H and O–H groups in total. The molecule has 1 fully saturated rings. The van der Waals surface area contributed by atoms with E-state index in [-0.39, 0.29) is 28.8 Å². The number of carboxylic acid groups (broad SMARTS) is 1. The Hall–Kier alpha value is -3.46. The number of alkyl halides is 4. The van der Waals surface area contributed by atoms with Gasteiger partial charge in [-0.05, 0) is 0 Å². The average molecular weight is 598 g/mol. The Bertz CT molecular complexity index is 1390. The van der Waals surface area contributed by atoms with E-state index in [1.165, 1.54) is 48.2 Å². The minimum absolute atomic E-state index is 0.0153. The molecule has 0 amide bonds. The summed E-state index contributed by atoms with van der Waals surface area (Å²) in [7, 11) is 3.23. The van der Waals surface area contributed by atoms with Crippen molar-refractivity contribution in [1.82, 2.24) is 14.3 Å². The van der Waals surface area contributed by atoms with Gasteiger partial charge in [-0.15, -0.1) is 0 Å². The second-order valence-electron chi connectivity index (χ2n) is 8.64. The van der Waals surface area contributed by atoms with Crippen molar-refractivity contribution in [3.63, 3.8) is 0 Å². The van der Waals surface area contributed by atoms with Crippen molar-refractivity contribution in [3.05, 3.63) is 47.8 Å². The van der Waals surface area contributed by atoms with Crippen LogP contribution >= 0.6 is 0 Å². The number of nitrogens with one attached hydrogen (secondary N) is 2. The number of aromatic carboxylic acids is 1. The summed E-state index contributed by atoms with van der Waals surface area (Å²) in [4.78, 5) is 17.3. The molecule has 2 atom stereocenters. The van der Waals surface area contributed by atoms with Crippen LogP contribution in [0.4, 0.5) is 29.1 Å². The Morgan fingerprint density at radius 3 is 2.82 bits per heavy atom. The van der Waals surface area contributed by atoms with Crippen LogP contribution in [0.1, 0.15) is 22.3 Å². The molecule has 8 nitrogen and oxygen atoms in total. The molecule has 4 rings (SSSR count). The molecule has 0 unspecified atom stereocenters. The van der Waals surface area contributed by atoms with Gasteiger partial charge in [0.05, 0.1) is 0 Å². The molecule has 0 spiro atoms. The molecule has 3 heterocycles. The Kier molecular flexibility index (Phi) is 8.35. The fourth-order valence-corrected chi connectivity index (χ4v) is 5.60. The number of likely N-dealkylation sites (tertiary alicyclic amines) is 1. The van der Waals surface area contributed by atoms with Gasteiger partial charge in [-0.3, -0.25) is 0 Å². The molecule has 1 aromatic carbocycles. The number of benzene rings is 1. The van der Waals surface area contributed by atoms with Crippen LogP contribution in [-0.2, 0) is 0 Å². The summed E-state index contributed by atoms with van der Waals surface area (Å²) in [6.07, 6.45) is 2.23. The Labute approximate surface area is 222 Å². The molecule has 202 valence electrons. The summed E-state index contributed by atoms with van der Waals surface area (Å²) in [6.45, 7) is 1.02. The summed E-state index contributed by atoms with van der Waals surface area (Å²) >= 11 is -1.89. The van der Waals surface area contributed by atoms with Crippen molar-refractivity contribution in [2.75, 3.05) is 44.4 Å². The van der Waals surface area contributed by atoms with Gasteiger partial charge in [0.1, 0.15) is 0 Å². The van der Waals surface area contributed by atoms with Gasteiger partial charge in [0.2, 0.25) is 0 Å². The first kappa shape index (κ1) is 27.6. The van der Waals surface area contributed by atoms with Crippen molar-refractivity contribution in [3.8, 4) is 17.6 Å². The van der Waals surface area contributed by atoms with E-state index in [2.05, 4.69) is 27.5 Å². The van der Waals surface area contributed by atoms with Crippen LogP contribution in [0.2, 0.25) is 0 Å². The first-order valence-corrected chi connectivity index (χ1v) is 13.3. The monoisotopic (exact) mass is 599 g/mol. The summed E-state index contributed by atoms with van der Waals surface area (Å²) < 4.78 is 61.7. The molecule has 0 bridgehead atoms. The molecule has 38 heavy (non-hydrogen) atoms. The number of aromatic nitrogens is 2. The van der Waals surface area contributed by atoms with Crippen molar-refractivity contribution in [2.24, 2.45) is 0 Å². The second-order valence-corrected chi connectivity index (χ2v) is 10.8. The number of anilines is 2. The van der Waals surface area contributed by atoms with Crippen molar-refractivity contribution in [2.45, 2.75) is 23.7 Å². The van der Waals surface area contributed by atoms with Crippen molar-refractivity contribution >= 4 is 42.5 Å². The van der Waals surface area contributed by atoms with Crippen molar-refractivity contribution < 1.29 is 32.2 Å². The normalized spacial score (nSPS) is 18.1. The van der Waals surface area contributed by atoms with E-state index < -0.39 is 38.2 Å². The summed E-state index contributed by atoms with van der Waals surface area (Å²) in [5.41, 5.74) is 1.13. The van der Waals surface area contributed by atoms with Crippen LogP contribution in [0, 0.1) is 11.8 Å². The van der Waals surface area contributed by atoms with E-state index in [4.69, 9.17) is 9.84 Å². The molecule has 1 aliphatic rings. The van der Waals surface area contributed by atoms with Gasteiger partial charge in [-0.25, -0.2) is 0 Å². The number of halogens is 4. The minimum atomic E-state index is -4.41. The molecular formula is C25H25F4N5O3Se. The van der Waals surface area contributed by atoms with Crippen LogP contribution in [0.25, 0.3) is 5.52 Å². The Balaban J connectivity index is 1.60. The predicted molar refractivity (Wildman–Crippen MR) is 136 cm³/mol. The number of carbonyl (C=O) groups is 1. The maximum absolute atomic E-state index is 14.6. The molecule has 1 aliphatic heterocycles. The van der Waals surface area contributed by atoms with Gasteiger partial charge in [0.25, 0.3) is 0 Å². The molecule has 13 heteroatoms. The number of fused-ring (bicyclic) bond motifs is 1. The van der Waals surface area contributed by atoms with Crippen LogP contribution in [0.3, 0.4) is 0 Å².